The molecule has 0 saturated heterocycles. The van der Waals surface area contributed by atoms with E-state index in [1.807, 2.05) is 19.1 Å². The lowest BCUT2D eigenvalue weighted by atomic mass is 10.0. The quantitative estimate of drug-likeness (QED) is 0.559. The van der Waals surface area contributed by atoms with Gasteiger partial charge in [0.2, 0.25) is 0 Å². The normalized spacial score (nSPS) is 13.7. The number of rotatable bonds is 5. The maximum atomic E-state index is 13.4. The van der Waals surface area contributed by atoms with Crippen molar-refractivity contribution in [2.75, 3.05) is 17.3 Å². The van der Waals surface area contributed by atoms with Crippen molar-refractivity contribution < 1.29 is 18.7 Å². The van der Waals surface area contributed by atoms with Gasteiger partial charge in [0.15, 0.2) is 0 Å². The summed E-state index contributed by atoms with van der Waals surface area (Å²) in [6, 6.07) is 17.3. The number of hydrogen-bond donors (Lipinski definition) is 1. The molecule has 156 valence electrons. The number of carbonyl (C=O) groups is 2. The van der Waals surface area contributed by atoms with Crippen molar-refractivity contribution in [3.63, 3.8) is 0 Å². The first-order chi connectivity index (χ1) is 14.9. The number of imide groups is 1. The molecule has 0 saturated carbocycles. The van der Waals surface area contributed by atoms with Gasteiger partial charge in [-0.05, 0) is 66.6 Å². The van der Waals surface area contributed by atoms with Gasteiger partial charge in [0.05, 0.1) is 24.1 Å². The van der Waals surface area contributed by atoms with Crippen LogP contribution in [0.4, 0.5) is 15.8 Å². The van der Waals surface area contributed by atoms with E-state index in [4.69, 9.17) is 16.3 Å². The summed E-state index contributed by atoms with van der Waals surface area (Å²) < 4.78 is 18.8. The van der Waals surface area contributed by atoms with E-state index in [2.05, 4.69) is 5.32 Å². The largest absolute Gasteiger partial charge is 0.495 e. The van der Waals surface area contributed by atoms with Crippen LogP contribution in [-0.2, 0) is 9.59 Å². The Hall–Kier alpha value is -3.64. The zero-order valence-corrected chi connectivity index (χ0v) is 17.5. The molecule has 3 aromatic rings. The molecule has 1 heterocycles. The summed E-state index contributed by atoms with van der Waals surface area (Å²) in [6.45, 7) is 1.91. The van der Waals surface area contributed by atoms with Crippen LogP contribution in [0.15, 0.2) is 72.4 Å². The molecule has 2 amide bonds. The van der Waals surface area contributed by atoms with E-state index in [-0.39, 0.29) is 17.0 Å². The van der Waals surface area contributed by atoms with Gasteiger partial charge in [-0.25, -0.2) is 9.29 Å². The predicted octanol–water partition coefficient (Wildman–Crippen LogP) is 5.19. The van der Waals surface area contributed by atoms with Gasteiger partial charge in [0, 0.05) is 5.02 Å². The number of halogens is 2. The fourth-order valence-electron chi connectivity index (χ4n) is 3.41. The van der Waals surface area contributed by atoms with Gasteiger partial charge >= 0.3 is 0 Å². The molecule has 5 nitrogen and oxygen atoms in total. The Morgan fingerprint density at radius 3 is 2.26 bits per heavy atom. The van der Waals surface area contributed by atoms with Gasteiger partial charge in [-0.15, -0.1) is 0 Å². The highest BCUT2D eigenvalue weighted by molar-refractivity contribution is 6.46. The second-order valence-electron chi connectivity index (χ2n) is 7.01. The van der Waals surface area contributed by atoms with Gasteiger partial charge in [-0.2, -0.15) is 0 Å². The lowest BCUT2D eigenvalue weighted by Crippen LogP contribution is -2.32. The van der Waals surface area contributed by atoms with Crippen LogP contribution in [0.25, 0.3) is 5.57 Å². The van der Waals surface area contributed by atoms with Crippen LogP contribution in [0.2, 0.25) is 5.02 Å². The van der Waals surface area contributed by atoms with E-state index in [0.29, 0.717) is 22.0 Å². The third-order valence-electron chi connectivity index (χ3n) is 4.92. The summed E-state index contributed by atoms with van der Waals surface area (Å²) in [4.78, 5) is 27.7. The molecule has 0 atom stereocenters. The highest BCUT2D eigenvalue weighted by Crippen LogP contribution is 2.36. The summed E-state index contributed by atoms with van der Waals surface area (Å²) >= 11 is 6.00. The van der Waals surface area contributed by atoms with Crippen molar-refractivity contribution in [2.45, 2.75) is 6.92 Å². The SMILES string of the molecule is COc1ccc(C)cc1NC1=C(c2ccc(Cl)cc2)C(=O)N(c2ccc(F)cc2)C1=O. The van der Waals surface area contributed by atoms with Crippen LogP contribution >= 0.6 is 11.6 Å². The molecule has 0 spiro atoms. The van der Waals surface area contributed by atoms with Crippen LogP contribution in [0.1, 0.15) is 11.1 Å². The van der Waals surface area contributed by atoms with E-state index in [0.717, 1.165) is 10.5 Å². The fraction of sp³-hybridized carbons (Fsp3) is 0.0833. The van der Waals surface area contributed by atoms with Gasteiger partial charge in [0.25, 0.3) is 11.8 Å². The fourth-order valence-corrected chi connectivity index (χ4v) is 3.53. The Bertz CT molecular complexity index is 1200. The van der Waals surface area contributed by atoms with Crippen molar-refractivity contribution in [2.24, 2.45) is 0 Å². The number of ether oxygens (including phenoxy) is 1. The van der Waals surface area contributed by atoms with Crippen molar-refractivity contribution in [1.82, 2.24) is 0 Å². The lowest BCUT2D eigenvalue weighted by molar-refractivity contribution is -0.120. The Morgan fingerprint density at radius 1 is 0.935 bits per heavy atom. The molecule has 0 unspecified atom stereocenters. The Kier molecular flexibility index (Phi) is 5.48. The third-order valence-corrected chi connectivity index (χ3v) is 5.17. The lowest BCUT2D eigenvalue weighted by Gasteiger charge is -2.16. The topological polar surface area (TPSA) is 58.6 Å². The number of benzene rings is 3. The maximum Gasteiger partial charge on any atom is 0.282 e. The molecule has 1 aliphatic heterocycles. The highest BCUT2D eigenvalue weighted by atomic mass is 35.5. The molecule has 1 N–H and O–H groups in total. The van der Waals surface area contributed by atoms with Crippen LogP contribution in [-0.4, -0.2) is 18.9 Å². The Labute approximate surface area is 183 Å². The van der Waals surface area contributed by atoms with Crippen LogP contribution in [0.5, 0.6) is 5.75 Å². The number of anilines is 2. The Morgan fingerprint density at radius 2 is 1.61 bits per heavy atom. The zero-order valence-electron chi connectivity index (χ0n) is 16.8. The summed E-state index contributed by atoms with van der Waals surface area (Å²) in [5, 5.41) is 3.60. The van der Waals surface area contributed by atoms with Crippen molar-refractivity contribution in [3.8, 4) is 5.75 Å². The van der Waals surface area contributed by atoms with Gasteiger partial charge < -0.3 is 10.1 Å². The van der Waals surface area contributed by atoms with Crippen LogP contribution in [0.3, 0.4) is 0 Å². The van der Waals surface area contributed by atoms with Gasteiger partial charge in [-0.1, -0.05) is 29.8 Å². The number of nitrogens with zero attached hydrogens (tertiary/aromatic N) is 1. The molecule has 7 heteroatoms. The second-order valence-corrected chi connectivity index (χ2v) is 7.44. The summed E-state index contributed by atoms with van der Waals surface area (Å²) in [5.74, 6) is -1.01. The zero-order chi connectivity index (χ0) is 22.1. The minimum absolute atomic E-state index is 0.0977. The first kappa shape index (κ1) is 20.6. The van der Waals surface area contributed by atoms with Gasteiger partial charge in [0.1, 0.15) is 17.3 Å². The van der Waals surface area contributed by atoms with Crippen LogP contribution in [0, 0.1) is 12.7 Å². The average molecular weight is 437 g/mol. The number of carbonyl (C=O) groups excluding carboxylic acids is 2. The molecule has 1 aliphatic rings. The second kappa shape index (κ2) is 8.24. The standard InChI is InChI=1S/C24H18ClFN2O3/c1-14-3-12-20(31-2)19(13-14)27-22-21(15-4-6-16(25)7-5-15)23(29)28(24(22)30)18-10-8-17(26)9-11-18/h3-13,27H,1-2H3. The summed E-state index contributed by atoms with van der Waals surface area (Å²) in [7, 11) is 1.52. The Balaban J connectivity index is 1.85. The monoisotopic (exact) mass is 436 g/mol. The predicted molar refractivity (Wildman–Crippen MR) is 119 cm³/mol. The summed E-state index contributed by atoms with van der Waals surface area (Å²) in [5.41, 5.74) is 2.59. The molecule has 0 aliphatic carbocycles. The number of methoxy groups -OCH3 is 1. The number of nitrogens with one attached hydrogen (secondary N) is 1. The van der Waals surface area contributed by atoms with Gasteiger partial charge in [-0.3, -0.25) is 9.59 Å². The van der Waals surface area contributed by atoms with Crippen LogP contribution < -0.4 is 15.0 Å². The number of aryl methyl sites for hydroxylation is 1. The molecular formula is C24H18ClFN2O3. The number of hydrogen-bond acceptors (Lipinski definition) is 4. The van der Waals surface area contributed by atoms with E-state index in [1.54, 1.807) is 30.3 Å². The molecule has 4 rings (SSSR count). The van der Waals surface area contributed by atoms with E-state index in [1.165, 1.54) is 31.4 Å². The minimum Gasteiger partial charge on any atom is -0.495 e. The molecule has 0 bridgehead atoms. The van der Waals surface area contributed by atoms with E-state index >= 15 is 0 Å². The average Bonchev–Trinajstić information content (AvgIpc) is 2.99. The smallest absolute Gasteiger partial charge is 0.282 e. The first-order valence-corrected chi connectivity index (χ1v) is 9.83. The molecule has 0 aromatic heterocycles. The minimum atomic E-state index is -0.551. The van der Waals surface area contributed by atoms with Crippen molar-refractivity contribution in [3.05, 3.63) is 94.4 Å². The first-order valence-electron chi connectivity index (χ1n) is 9.45. The third kappa shape index (κ3) is 3.90. The van der Waals surface area contributed by atoms with Crippen molar-refractivity contribution >= 4 is 40.4 Å². The molecular weight excluding hydrogens is 419 g/mol. The molecule has 31 heavy (non-hydrogen) atoms. The molecule has 0 fully saturated rings. The number of amides is 2. The molecule has 3 aromatic carbocycles. The highest BCUT2D eigenvalue weighted by Gasteiger charge is 2.40. The van der Waals surface area contributed by atoms with E-state index < -0.39 is 17.6 Å². The summed E-state index contributed by atoms with van der Waals surface area (Å²) in [6.07, 6.45) is 0. The molecule has 0 radical (unpaired) electrons. The van der Waals surface area contributed by atoms with E-state index in [9.17, 15) is 14.0 Å². The maximum absolute atomic E-state index is 13.4. The van der Waals surface area contributed by atoms with Crippen molar-refractivity contribution in [1.29, 1.82) is 0 Å².